The Morgan fingerprint density at radius 1 is 1.33 bits per heavy atom. The fraction of sp³-hybridized carbons (Fsp3) is 0.588. The maximum absolute atomic E-state index is 11.8. The molecule has 21 heavy (non-hydrogen) atoms. The van der Waals surface area contributed by atoms with Gasteiger partial charge in [0.1, 0.15) is 12.4 Å². The van der Waals surface area contributed by atoms with Crippen molar-refractivity contribution in [2.75, 3.05) is 26.2 Å². The van der Waals surface area contributed by atoms with Gasteiger partial charge in [-0.15, -0.1) is 0 Å². The lowest BCUT2D eigenvalue weighted by molar-refractivity contribution is -0.121. The van der Waals surface area contributed by atoms with Gasteiger partial charge in [-0.25, -0.2) is 0 Å². The maximum Gasteiger partial charge on any atom is 0.220 e. The van der Waals surface area contributed by atoms with Crippen molar-refractivity contribution in [3.8, 4) is 5.75 Å². The van der Waals surface area contributed by atoms with Gasteiger partial charge in [0.2, 0.25) is 5.91 Å². The smallest absolute Gasteiger partial charge is 0.220 e. The van der Waals surface area contributed by atoms with Crippen LogP contribution in [0.2, 0.25) is 0 Å². The molecule has 1 amide bonds. The first-order valence-corrected chi connectivity index (χ1v) is 7.91. The molecular formula is C17H26N2O2. The molecule has 0 unspecified atom stereocenters. The minimum Gasteiger partial charge on any atom is -0.491 e. The summed E-state index contributed by atoms with van der Waals surface area (Å²) >= 11 is 0. The number of para-hydroxylation sites is 1. The van der Waals surface area contributed by atoms with Crippen molar-refractivity contribution >= 4 is 5.91 Å². The number of rotatable bonds is 7. The number of aryl methyl sites for hydroxylation is 1. The van der Waals surface area contributed by atoms with Gasteiger partial charge in [-0.1, -0.05) is 18.2 Å². The van der Waals surface area contributed by atoms with E-state index in [1.54, 1.807) is 0 Å². The number of piperidine rings is 1. The summed E-state index contributed by atoms with van der Waals surface area (Å²) in [6, 6.07) is 7.92. The van der Waals surface area contributed by atoms with Gasteiger partial charge in [-0.2, -0.15) is 0 Å². The van der Waals surface area contributed by atoms with Gasteiger partial charge in [0.15, 0.2) is 0 Å². The molecule has 2 N–H and O–H groups in total. The molecule has 1 aromatic rings. The normalized spacial score (nSPS) is 15.7. The van der Waals surface area contributed by atoms with Gasteiger partial charge in [-0.05, 0) is 56.8 Å². The number of hydrogen-bond acceptors (Lipinski definition) is 3. The predicted molar refractivity (Wildman–Crippen MR) is 84.5 cm³/mol. The van der Waals surface area contributed by atoms with Crippen LogP contribution in [0.1, 0.15) is 31.2 Å². The highest BCUT2D eigenvalue weighted by Gasteiger charge is 2.14. The quantitative estimate of drug-likeness (QED) is 0.757. The van der Waals surface area contributed by atoms with E-state index in [1.807, 2.05) is 31.2 Å². The van der Waals surface area contributed by atoms with Crippen LogP contribution in [-0.2, 0) is 4.79 Å². The zero-order valence-corrected chi connectivity index (χ0v) is 12.9. The number of benzene rings is 1. The second-order valence-electron chi connectivity index (χ2n) is 5.70. The highest BCUT2D eigenvalue weighted by atomic mass is 16.5. The average Bonchev–Trinajstić information content (AvgIpc) is 2.52. The summed E-state index contributed by atoms with van der Waals surface area (Å²) < 4.78 is 5.66. The van der Waals surface area contributed by atoms with Crippen molar-refractivity contribution in [2.24, 2.45) is 5.92 Å². The second kappa shape index (κ2) is 8.67. The number of nitrogens with one attached hydrogen (secondary N) is 2. The molecule has 1 aliphatic rings. The topological polar surface area (TPSA) is 50.4 Å². The zero-order valence-electron chi connectivity index (χ0n) is 12.9. The van der Waals surface area contributed by atoms with Crippen LogP contribution >= 0.6 is 0 Å². The Morgan fingerprint density at radius 3 is 2.86 bits per heavy atom. The van der Waals surface area contributed by atoms with Crippen LogP contribution in [-0.4, -0.2) is 32.1 Å². The molecule has 1 heterocycles. The van der Waals surface area contributed by atoms with E-state index in [2.05, 4.69) is 10.6 Å². The third kappa shape index (κ3) is 5.76. The Hall–Kier alpha value is -1.55. The maximum atomic E-state index is 11.8. The molecule has 0 spiro atoms. The lowest BCUT2D eigenvalue weighted by Gasteiger charge is -2.22. The first kappa shape index (κ1) is 15.8. The Morgan fingerprint density at radius 2 is 2.10 bits per heavy atom. The van der Waals surface area contributed by atoms with Crippen LogP contribution in [0.4, 0.5) is 0 Å². The molecule has 1 aromatic carbocycles. The van der Waals surface area contributed by atoms with E-state index in [-0.39, 0.29) is 5.91 Å². The van der Waals surface area contributed by atoms with E-state index < -0.39 is 0 Å². The van der Waals surface area contributed by atoms with Crippen LogP contribution in [0.3, 0.4) is 0 Å². The number of carbonyl (C=O) groups is 1. The fourth-order valence-electron chi connectivity index (χ4n) is 2.66. The van der Waals surface area contributed by atoms with E-state index in [1.165, 1.54) is 12.8 Å². The highest BCUT2D eigenvalue weighted by Crippen LogP contribution is 2.17. The molecule has 0 bridgehead atoms. The molecule has 4 nitrogen and oxygen atoms in total. The number of carbonyl (C=O) groups excluding carboxylic acids is 1. The summed E-state index contributed by atoms with van der Waals surface area (Å²) in [5.41, 5.74) is 1.12. The minimum absolute atomic E-state index is 0.141. The van der Waals surface area contributed by atoms with Crippen LogP contribution < -0.4 is 15.4 Å². The molecule has 1 saturated heterocycles. The summed E-state index contributed by atoms with van der Waals surface area (Å²) in [5, 5.41) is 6.28. The molecule has 0 aromatic heterocycles. The molecule has 0 radical (unpaired) electrons. The summed E-state index contributed by atoms with van der Waals surface area (Å²) in [6.07, 6.45) is 4.04. The summed E-state index contributed by atoms with van der Waals surface area (Å²) in [5.74, 6) is 1.74. The lowest BCUT2D eigenvalue weighted by Crippen LogP contribution is -2.30. The van der Waals surface area contributed by atoms with Crippen LogP contribution in [0.15, 0.2) is 24.3 Å². The minimum atomic E-state index is 0.141. The van der Waals surface area contributed by atoms with Crippen LogP contribution in [0.5, 0.6) is 5.75 Å². The zero-order chi connectivity index (χ0) is 14.9. The van der Waals surface area contributed by atoms with Gasteiger partial charge in [0.05, 0.1) is 6.54 Å². The highest BCUT2D eigenvalue weighted by molar-refractivity contribution is 5.75. The average molecular weight is 290 g/mol. The van der Waals surface area contributed by atoms with E-state index in [0.717, 1.165) is 30.8 Å². The first-order valence-electron chi connectivity index (χ1n) is 7.91. The molecule has 0 atom stereocenters. The standard InChI is InChI=1S/C17H26N2O2/c1-14-4-2-3-5-16(14)21-13-12-19-17(20)7-6-15-8-10-18-11-9-15/h2-5,15,18H,6-13H2,1H3,(H,19,20). The summed E-state index contributed by atoms with van der Waals surface area (Å²) in [4.78, 5) is 11.8. The number of hydrogen-bond donors (Lipinski definition) is 2. The largest absolute Gasteiger partial charge is 0.491 e. The molecule has 0 saturated carbocycles. The van der Waals surface area contributed by atoms with Crippen LogP contribution in [0.25, 0.3) is 0 Å². The molecule has 116 valence electrons. The van der Waals surface area contributed by atoms with Gasteiger partial charge in [0, 0.05) is 6.42 Å². The first-order chi connectivity index (χ1) is 10.3. The lowest BCUT2D eigenvalue weighted by atomic mass is 9.93. The van der Waals surface area contributed by atoms with E-state index in [0.29, 0.717) is 25.5 Å². The van der Waals surface area contributed by atoms with E-state index in [4.69, 9.17) is 4.74 Å². The number of amides is 1. The Kier molecular flexibility index (Phi) is 6.54. The van der Waals surface area contributed by atoms with E-state index in [9.17, 15) is 4.79 Å². The Bertz CT molecular complexity index is 442. The fourth-order valence-corrected chi connectivity index (χ4v) is 2.66. The van der Waals surface area contributed by atoms with Crippen molar-refractivity contribution in [1.29, 1.82) is 0 Å². The van der Waals surface area contributed by atoms with Gasteiger partial charge < -0.3 is 15.4 Å². The van der Waals surface area contributed by atoms with Crippen molar-refractivity contribution in [3.63, 3.8) is 0 Å². The van der Waals surface area contributed by atoms with Crippen molar-refractivity contribution in [1.82, 2.24) is 10.6 Å². The number of ether oxygens (including phenoxy) is 1. The van der Waals surface area contributed by atoms with Crippen molar-refractivity contribution in [2.45, 2.75) is 32.6 Å². The third-order valence-corrected chi connectivity index (χ3v) is 4.01. The molecule has 1 fully saturated rings. The van der Waals surface area contributed by atoms with Gasteiger partial charge >= 0.3 is 0 Å². The SMILES string of the molecule is Cc1ccccc1OCCNC(=O)CCC1CCNCC1. The monoisotopic (exact) mass is 290 g/mol. The van der Waals surface area contributed by atoms with Crippen molar-refractivity contribution < 1.29 is 9.53 Å². The van der Waals surface area contributed by atoms with E-state index >= 15 is 0 Å². The summed E-state index contributed by atoms with van der Waals surface area (Å²) in [6.45, 7) is 5.30. The Labute approximate surface area is 127 Å². The molecule has 1 aliphatic heterocycles. The predicted octanol–water partition coefficient (Wildman–Crippen LogP) is 2.27. The molecule has 0 aliphatic carbocycles. The Balaban J connectivity index is 1.56. The van der Waals surface area contributed by atoms with Gasteiger partial charge in [0.25, 0.3) is 0 Å². The molecule has 4 heteroatoms. The second-order valence-corrected chi connectivity index (χ2v) is 5.70. The third-order valence-electron chi connectivity index (χ3n) is 4.01. The molecule has 2 rings (SSSR count). The van der Waals surface area contributed by atoms with Crippen LogP contribution in [0, 0.1) is 12.8 Å². The van der Waals surface area contributed by atoms with Gasteiger partial charge in [-0.3, -0.25) is 4.79 Å². The molecular weight excluding hydrogens is 264 g/mol. The van der Waals surface area contributed by atoms with Crippen molar-refractivity contribution in [3.05, 3.63) is 29.8 Å². The summed E-state index contributed by atoms with van der Waals surface area (Å²) in [7, 11) is 0.